The zero-order valence-electron chi connectivity index (χ0n) is 20.3. The number of nitrogens with zero attached hydrogens (tertiary/aromatic N) is 3. The van der Waals surface area contributed by atoms with Gasteiger partial charge in [0.15, 0.2) is 5.82 Å². The normalized spacial score (nSPS) is 19.2. The molecule has 1 amide bonds. The summed E-state index contributed by atoms with van der Waals surface area (Å²) in [5, 5.41) is 12.9. The van der Waals surface area contributed by atoms with Gasteiger partial charge in [-0.15, -0.1) is 0 Å². The number of aromatic nitrogens is 3. The van der Waals surface area contributed by atoms with Crippen LogP contribution in [-0.4, -0.2) is 43.6 Å². The van der Waals surface area contributed by atoms with E-state index in [4.69, 9.17) is 27.1 Å². The highest BCUT2D eigenvalue weighted by atomic mass is 35.5. The standard InChI is InChI=1S/C25H31ClFN5O3/c1-12(2)35-22-15(13(3)24-30-14(4)21-23(28)29-9-10-32(21)24)11-16(26)20(27)19(22)25(34)31-17-7-5-6-8-18(17)33/h9-13,17-18,33H,5-8H2,1-4H3,(H2,28,29)(H,31,34). The molecule has 3 atom stereocenters. The topological polar surface area (TPSA) is 115 Å². The first kappa shape index (κ1) is 25.2. The molecule has 4 rings (SSSR count). The lowest BCUT2D eigenvalue weighted by Crippen LogP contribution is -2.45. The van der Waals surface area contributed by atoms with Gasteiger partial charge in [0.1, 0.15) is 28.5 Å². The molecule has 3 unspecified atom stereocenters. The minimum absolute atomic E-state index is 0.105. The molecule has 1 aliphatic carbocycles. The molecule has 2 aromatic heterocycles. The van der Waals surface area contributed by atoms with Crippen LogP contribution in [-0.2, 0) is 0 Å². The fourth-order valence-electron chi connectivity index (χ4n) is 4.75. The van der Waals surface area contributed by atoms with E-state index in [2.05, 4.69) is 10.3 Å². The number of halogens is 2. The average molecular weight is 504 g/mol. The number of imidazole rings is 1. The third-order valence-electron chi connectivity index (χ3n) is 6.47. The second kappa shape index (κ2) is 9.99. The average Bonchev–Trinajstić information content (AvgIpc) is 3.14. The first-order valence-corrected chi connectivity index (χ1v) is 12.2. The van der Waals surface area contributed by atoms with Gasteiger partial charge in [-0.2, -0.15) is 0 Å². The number of aliphatic hydroxyl groups is 1. The van der Waals surface area contributed by atoms with E-state index in [-0.39, 0.29) is 22.4 Å². The summed E-state index contributed by atoms with van der Waals surface area (Å²) in [5.74, 6) is -0.892. The van der Waals surface area contributed by atoms with Crippen molar-refractivity contribution in [3.8, 4) is 5.75 Å². The second-order valence-corrected chi connectivity index (χ2v) is 9.78. The number of ether oxygens (including phenoxy) is 1. The number of benzene rings is 1. The highest BCUT2D eigenvalue weighted by Crippen LogP contribution is 2.40. The molecule has 2 heterocycles. The quantitative estimate of drug-likeness (QED) is 0.459. The Balaban J connectivity index is 1.84. The number of aryl methyl sites for hydroxylation is 1. The van der Waals surface area contributed by atoms with Gasteiger partial charge in [-0.25, -0.2) is 14.4 Å². The third-order valence-corrected chi connectivity index (χ3v) is 6.74. The molecule has 0 saturated heterocycles. The number of nitrogens with two attached hydrogens (primary N) is 1. The van der Waals surface area contributed by atoms with Crippen molar-refractivity contribution < 1.29 is 19.0 Å². The predicted molar refractivity (Wildman–Crippen MR) is 133 cm³/mol. The molecule has 1 aromatic carbocycles. The molecule has 0 aliphatic heterocycles. The summed E-state index contributed by atoms with van der Waals surface area (Å²) in [6.45, 7) is 7.32. The summed E-state index contributed by atoms with van der Waals surface area (Å²) >= 11 is 6.31. The van der Waals surface area contributed by atoms with Crippen molar-refractivity contribution in [3.05, 3.63) is 51.9 Å². The molecule has 4 N–H and O–H groups in total. The van der Waals surface area contributed by atoms with Gasteiger partial charge < -0.3 is 20.9 Å². The number of rotatable bonds is 6. The molecule has 35 heavy (non-hydrogen) atoms. The number of aliphatic hydroxyl groups excluding tert-OH is 1. The first-order chi connectivity index (χ1) is 16.6. The van der Waals surface area contributed by atoms with Gasteiger partial charge in [-0.1, -0.05) is 31.4 Å². The van der Waals surface area contributed by atoms with Crippen LogP contribution in [0.3, 0.4) is 0 Å². The highest BCUT2D eigenvalue weighted by molar-refractivity contribution is 6.31. The number of fused-ring (bicyclic) bond motifs is 1. The fourth-order valence-corrected chi connectivity index (χ4v) is 4.96. The van der Waals surface area contributed by atoms with Crippen LogP contribution in [0.1, 0.15) is 79.8 Å². The molecular formula is C25H31ClFN5O3. The summed E-state index contributed by atoms with van der Waals surface area (Å²) in [4.78, 5) is 22.2. The Kier molecular flexibility index (Phi) is 7.19. The minimum Gasteiger partial charge on any atom is -0.490 e. The summed E-state index contributed by atoms with van der Waals surface area (Å²) in [7, 11) is 0. The Bertz CT molecular complexity index is 1260. The molecule has 1 aliphatic rings. The maximum Gasteiger partial charge on any atom is 0.258 e. The van der Waals surface area contributed by atoms with E-state index in [0.29, 0.717) is 41.3 Å². The number of carbonyl (C=O) groups excluding carboxylic acids is 1. The van der Waals surface area contributed by atoms with E-state index in [0.717, 1.165) is 12.8 Å². The fraction of sp³-hybridized carbons (Fsp3) is 0.480. The zero-order chi connectivity index (χ0) is 25.4. The number of carbonyl (C=O) groups is 1. The SMILES string of the molecule is Cc1nc(C(C)c2cc(Cl)c(F)c(C(=O)NC3CCCCC3O)c2OC(C)C)n2ccnc(N)c12. The van der Waals surface area contributed by atoms with Crippen molar-refractivity contribution in [1.29, 1.82) is 0 Å². The van der Waals surface area contributed by atoms with Crippen LogP contribution < -0.4 is 15.8 Å². The van der Waals surface area contributed by atoms with Crippen molar-refractivity contribution >= 4 is 28.8 Å². The van der Waals surface area contributed by atoms with E-state index in [1.54, 1.807) is 26.2 Å². The molecular weight excluding hydrogens is 473 g/mol. The van der Waals surface area contributed by atoms with Crippen molar-refractivity contribution in [2.24, 2.45) is 0 Å². The second-order valence-electron chi connectivity index (χ2n) is 9.37. The highest BCUT2D eigenvalue weighted by Gasteiger charge is 2.32. The van der Waals surface area contributed by atoms with Gasteiger partial charge >= 0.3 is 0 Å². The predicted octanol–water partition coefficient (Wildman–Crippen LogP) is 4.38. The van der Waals surface area contributed by atoms with Crippen molar-refractivity contribution in [2.75, 3.05) is 5.73 Å². The Morgan fingerprint density at radius 3 is 2.74 bits per heavy atom. The third kappa shape index (κ3) is 4.79. The monoisotopic (exact) mass is 503 g/mol. The van der Waals surface area contributed by atoms with Gasteiger partial charge in [0.2, 0.25) is 0 Å². The summed E-state index contributed by atoms with van der Waals surface area (Å²) in [6, 6.07) is 1.02. The van der Waals surface area contributed by atoms with Crippen LogP contribution in [0.15, 0.2) is 18.5 Å². The van der Waals surface area contributed by atoms with Gasteiger partial charge in [-0.3, -0.25) is 9.20 Å². The van der Waals surface area contributed by atoms with E-state index >= 15 is 4.39 Å². The van der Waals surface area contributed by atoms with E-state index in [1.807, 2.05) is 18.2 Å². The molecule has 0 bridgehead atoms. The van der Waals surface area contributed by atoms with E-state index in [9.17, 15) is 9.90 Å². The number of anilines is 1. The molecule has 10 heteroatoms. The van der Waals surface area contributed by atoms with Crippen LogP contribution in [0.25, 0.3) is 5.52 Å². The molecule has 1 fully saturated rings. The Morgan fingerprint density at radius 2 is 2.06 bits per heavy atom. The summed E-state index contributed by atoms with van der Waals surface area (Å²) in [5.41, 5.74) is 7.69. The molecule has 3 aromatic rings. The Labute approximate surface area is 208 Å². The summed E-state index contributed by atoms with van der Waals surface area (Å²) < 4.78 is 23.3. The number of hydrogen-bond acceptors (Lipinski definition) is 6. The van der Waals surface area contributed by atoms with Crippen LogP contribution in [0.5, 0.6) is 5.75 Å². The van der Waals surface area contributed by atoms with Crippen LogP contribution in [0.4, 0.5) is 10.2 Å². The zero-order valence-corrected chi connectivity index (χ0v) is 21.1. The van der Waals surface area contributed by atoms with Crippen molar-refractivity contribution in [1.82, 2.24) is 19.7 Å². The molecule has 0 spiro atoms. The molecule has 0 radical (unpaired) electrons. The molecule has 188 valence electrons. The van der Waals surface area contributed by atoms with Gasteiger partial charge in [-0.05, 0) is 39.7 Å². The number of nitrogen functional groups attached to an aromatic ring is 1. The van der Waals surface area contributed by atoms with Crippen molar-refractivity contribution in [2.45, 2.75) is 77.5 Å². The van der Waals surface area contributed by atoms with Crippen LogP contribution in [0, 0.1) is 12.7 Å². The number of nitrogens with one attached hydrogen (secondary N) is 1. The number of hydrogen-bond donors (Lipinski definition) is 3. The lowest BCUT2D eigenvalue weighted by Gasteiger charge is -2.29. The molecule has 8 nitrogen and oxygen atoms in total. The summed E-state index contributed by atoms with van der Waals surface area (Å²) in [6.07, 6.45) is 5.29. The lowest BCUT2D eigenvalue weighted by atomic mass is 9.91. The lowest BCUT2D eigenvalue weighted by molar-refractivity contribution is 0.0710. The van der Waals surface area contributed by atoms with Crippen molar-refractivity contribution in [3.63, 3.8) is 0 Å². The van der Waals surface area contributed by atoms with Gasteiger partial charge in [0.05, 0.1) is 29.0 Å². The smallest absolute Gasteiger partial charge is 0.258 e. The van der Waals surface area contributed by atoms with E-state index in [1.165, 1.54) is 6.07 Å². The Morgan fingerprint density at radius 1 is 1.34 bits per heavy atom. The maximum atomic E-state index is 15.4. The number of amides is 1. The Hall–Kier alpha value is -2.91. The van der Waals surface area contributed by atoms with Gasteiger partial charge in [0.25, 0.3) is 5.91 Å². The minimum atomic E-state index is -0.862. The molecule has 1 saturated carbocycles. The van der Waals surface area contributed by atoms with Crippen LogP contribution in [0.2, 0.25) is 5.02 Å². The van der Waals surface area contributed by atoms with Crippen LogP contribution >= 0.6 is 11.6 Å². The van der Waals surface area contributed by atoms with E-state index < -0.39 is 29.8 Å². The first-order valence-electron chi connectivity index (χ1n) is 11.9. The van der Waals surface area contributed by atoms with Gasteiger partial charge in [0, 0.05) is 23.9 Å². The largest absolute Gasteiger partial charge is 0.490 e. The maximum absolute atomic E-state index is 15.4.